The van der Waals surface area contributed by atoms with Crippen LogP contribution >= 0.6 is 0 Å². The van der Waals surface area contributed by atoms with Gasteiger partial charge in [-0.05, 0) is 62.0 Å². The number of aliphatic hydroxyl groups excluding tert-OH is 1. The summed E-state index contributed by atoms with van der Waals surface area (Å²) < 4.78 is 8.32. The Hall–Kier alpha value is -2.32. The van der Waals surface area contributed by atoms with E-state index >= 15 is 0 Å². The number of carbonyl (C=O) groups is 1. The van der Waals surface area contributed by atoms with Gasteiger partial charge in [-0.15, -0.1) is 5.10 Å². The van der Waals surface area contributed by atoms with Crippen molar-refractivity contribution in [3.8, 4) is 11.4 Å². The van der Waals surface area contributed by atoms with Crippen LogP contribution < -0.4 is 0 Å². The first-order valence-corrected chi connectivity index (χ1v) is 11.0. The van der Waals surface area contributed by atoms with E-state index in [0.29, 0.717) is 24.3 Å². The van der Waals surface area contributed by atoms with E-state index in [2.05, 4.69) is 15.3 Å². The number of likely N-dealkylation sites (tertiary alicyclic amines) is 1. The molecule has 1 saturated heterocycles. The fourth-order valence-corrected chi connectivity index (χ4v) is 4.87. The maximum Gasteiger partial charge on any atom is 0.248 e. The van der Waals surface area contributed by atoms with Crippen LogP contribution in [0.3, 0.4) is 0 Å². The molecule has 1 amide bonds. The lowest BCUT2D eigenvalue weighted by atomic mass is 9.77. The highest BCUT2D eigenvalue weighted by atomic mass is 16.5. The number of carbonyl (C=O) groups excluding carboxylic acids is 1. The highest BCUT2D eigenvalue weighted by Crippen LogP contribution is 2.43. The minimum absolute atomic E-state index is 0.0663. The van der Waals surface area contributed by atoms with Crippen LogP contribution in [0.1, 0.15) is 37.3 Å². The maximum absolute atomic E-state index is 12.0. The molecule has 2 saturated carbocycles. The molecule has 4 atom stereocenters. The van der Waals surface area contributed by atoms with Crippen molar-refractivity contribution in [3.05, 3.63) is 30.1 Å². The van der Waals surface area contributed by atoms with Gasteiger partial charge in [-0.25, -0.2) is 4.68 Å². The third-order valence-electron chi connectivity index (χ3n) is 6.84. The fourth-order valence-electron chi connectivity index (χ4n) is 4.87. The Kier molecular flexibility index (Phi) is 5.28. The number of nitrogens with zero attached hydrogens (tertiary/aromatic N) is 5. The van der Waals surface area contributed by atoms with Gasteiger partial charge in [0.05, 0.1) is 24.0 Å². The number of aryl methyl sites for hydroxylation is 1. The van der Waals surface area contributed by atoms with Gasteiger partial charge in [0.25, 0.3) is 0 Å². The number of hydrogen-bond donors (Lipinski definition) is 1. The summed E-state index contributed by atoms with van der Waals surface area (Å²) in [7, 11) is 0. The molecule has 0 radical (unpaired) electrons. The maximum atomic E-state index is 12.0. The summed E-state index contributed by atoms with van der Waals surface area (Å²) in [4.78, 5) is 18.3. The van der Waals surface area contributed by atoms with Crippen molar-refractivity contribution in [2.45, 2.75) is 44.8 Å². The van der Waals surface area contributed by atoms with Gasteiger partial charge in [-0.3, -0.25) is 9.78 Å². The van der Waals surface area contributed by atoms with E-state index in [4.69, 9.17) is 4.74 Å². The van der Waals surface area contributed by atoms with Gasteiger partial charge in [-0.1, -0.05) is 11.3 Å². The Labute approximate surface area is 176 Å². The number of pyridine rings is 1. The number of ether oxygens (including phenoxy) is 1. The number of hydrogen-bond acceptors (Lipinski definition) is 6. The minimum Gasteiger partial charge on any atom is -0.387 e. The van der Waals surface area contributed by atoms with E-state index in [-0.39, 0.29) is 18.1 Å². The molecule has 2 aromatic heterocycles. The topological polar surface area (TPSA) is 93.4 Å². The number of amides is 1. The van der Waals surface area contributed by atoms with E-state index in [9.17, 15) is 9.90 Å². The van der Waals surface area contributed by atoms with E-state index in [1.54, 1.807) is 4.90 Å². The quantitative estimate of drug-likeness (QED) is 0.780. The predicted molar refractivity (Wildman–Crippen MR) is 109 cm³/mol. The second-order valence-electron chi connectivity index (χ2n) is 9.14. The second-order valence-corrected chi connectivity index (χ2v) is 9.14. The molecule has 0 bridgehead atoms. The number of aliphatic hydroxyl groups is 1. The fraction of sp³-hybridized carbons (Fsp3) is 0.636. The molecule has 5 rings (SSSR count). The van der Waals surface area contributed by atoms with Gasteiger partial charge in [0.1, 0.15) is 12.3 Å². The van der Waals surface area contributed by atoms with Crippen molar-refractivity contribution in [1.29, 1.82) is 0 Å². The first-order chi connectivity index (χ1) is 14.6. The number of rotatable bonds is 6. The molecule has 2 aromatic rings. The molecule has 8 nitrogen and oxygen atoms in total. The molecule has 0 spiro atoms. The smallest absolute Gasteiger partial charge is 0.248 e. The molecule has 0 unspecified atom stereocenters. The SMILES string of the molecule is Cc1ccc(-c2cn([C@@H]3C[C@@H]4CN(C(=O)CO)C[C@@H]4C[C@H]3OCC3CC3)nn2)nc1. The zero-order valence-electron chi connectivity index (χ0n) is 17.4. The van der Waals surface area contributed by atoms with Gasteiger partial charge in [0.15, 0.2) is 0 Å². The molecule has 30 heavy (non-hydrogen) atoms. The summed E-state index contributed by atoms with van der Waals surface area (Å²) in [5, 5.41) is 18.1. The van der Waals surface area contributed by atoms with Gasteiger partial charge in [-0.2, -0.15) is 0 Å². The molecule has 8 heteroatoms. The van der Waals surface area contributed by atoms with Crippen LogP contribution in [-0.4, -0.2) is 68.3 Å². The lowest BCUT2D eigenvalue weighted by Gasteiger charge is -2.37. The van der Waals surface area contributed by atoms with Crippen LogP contribution in [0.4, 0.5) is 0 Å². The molecular weight excluding hydrogens is 382 g/mol. The van der Waals surface area contributed by atoms with Crippen LogP contribution in [0.2, 0.25) is 0 Å². The minimum atomic E-state index is -0.416. The van der Waals surface area contributed by atoms with Crippen molar-refractivity contribution in [3.63, 3.8) is 0 Å². The Morgan fingerprint density at radius 2 is 2.00 bits per heavy atom. The molecule has 1 aliphatic heterocycles. The molecule has 2 aliphatic carbocycles. The third-order valence-corrected chi connectivity index (χ3v) is 6.84. The van der Waals surface area contributed by atoms with Gasteiger partial charge < -0.3 is 14.7 Å². The molecule has 3 fully saturated rings. The van der Waals surface area contributed by atoms with E-state index in [0.717, 1.165) is 42.9 Å². The average molecular weight is 412 g/mol. The lowest BCUT2D eigenvalue weighted by molar-refractivity contribution is -0.133. The summed E-state index contributed by atoms with van der Waals surface area (Å²) in [6.07, 6.45) is 8.21. The molecule has 3 aliphatic rings. The second kappa shape index (κ2) is 8.07. The Morgan fingerprint density at radius 3 is 2.70 bits per heavy atom. The van der Waals surface area contributed by atoms with Crippen LogP contribution in [0.15, 0.2) is 24.5 Å². The van der Waals surface area contributed by atoms with Crippen LogP contribution in [0, 0.1) is 24.7 Å². The monoisotopic (exact) mass is 411 g/mol. The summed E-state index contributed by atoms with van der Waals surface area (Å²) in [6.45, 7) is 3.83. The zero-order chi connectivity index (χ0) is 20.7. The molecule has 160 valence electrons. The summed E-state index contributed by atoms with van der Waals surface area (Å²) in [5.41, 5.74) is 2.69. The molecule has 1 N–H and O–H groups in total. The summed E-state index contributed by atoms with van der Waals surface area (Å²) in [5.74, 6) is 1.34. The van der Waals surface area contributed by atoms with Gasteiger partial charge in [0.2, 0.25) is 5.91 Å². The highest BCUT2D eigenvalue weighted by Gasteiger charge is 2.45. The first-order valence-electron chi connectivity index (χ1n) is 11.0. The normalized spacial score (nSPS) is 28.5. The largest absolute Gasteiger partial charge is 0.387 e. The van der Waals surface area contributed by atoms with Gasteiger partial charge in [0, 0.05) is 25.9 Å². The van der Waals surface area contributed by atoms with Crippen LogP contribution in [-0.2, 0) is 9.53 Å². The predicted octanol–water partition coefficient (Wildman–Crippen LogP) is 1.85. The third kappa shape index (κ3) is 3.98. The van der Waals surface area contributed by atoms with Crippen molar-refractivity contribution in [2.75, 3.05) is 26.3 Å². The Morgan fingerprint density at radius 1 is 1.20 bits per heavy atom. The zero-order valence-corrected chi connectivity index (χ0v) is 17.4. The van der Waals surface area contributed by atoms with Crippen molar-refractivity contribution < 1.29 is 14.6 Å². The van der Waals surface area contributed by atoms with Crippen LogP contribution in [0.5, 0.6) is 0 Å². The highest BCUT2D eigenvalue weighted by molar-refractivity contribution is 5.77. The van der Waals surface area contributed by atoms with E-state index in [1.807, 2.05) is 36.1 Å². The molecule has 3 heterocycles. The first kappa shape index (κ1) is 19.6. The Balaban J connectivity index is 1.36. The lowest BCUT2D eigenvalue weighted by Crippen LogP contribution is -2.38. The number of aromatic nitrogens is 4. The van der Waals surface area contributed by atoms with Crippen molar-refractivity contribution >= 4 is 5.91 Å². The van der Waals surface area contributed by atoms with E-state index in [1.165, 1.54) is 12.8 Å². The average Bonchev–Trinajstić information content (AvgIpc) is 3.29. The Bertz CT molecular complexity index is 894. The summed E-state index contributed by atoms with van der Waals surface area (Å²) >= 11 is 0. The molecule has 0 aromatic carbocycles. The van der Waals surface area contributed by atoms with Crippen molar-refractivity contribution in [1.82, 2.24) is 24.9 Å². The standard InChI is InChI=1S/C22H29N5O3/c1-14-2-5-18(23-8-14)19-11-27(25-24-19)20-6-16-9-26(22(29)12-28)10-17(16)7-21(20)30-13-15-3-4-15/h2,5,8,11,15-17,20-21,28H,3-4,6-7,9-10,12-13H2,1H3/t16-,17+,20-,21-/m1/s1. The summed E-state index contributed by atoms with van der Waals surface area (Å²) in [6, 6.07) is 4.09. The van der Waals surface area contributed by atoms with Crippen LogP contribution in [0.25, 0.3) is 11.4 Å². The molecular formula is C22H29N5O3. The van der Waals surface area contributed by atoms with Gasteiger partial charge >= 0.3 is 0 Å². The van der Waals surface area contributed by atoms with Crippen molar-refractivity contribution in [2.24, 2.45) is 17.8 Å². The number of fused-ring (bicyclic) bond motifs is 1. The van der Waals surface area contributed by atoms with E-state index < -0.39 is 6.61 Å².